The van der Waals surface area contributed by atoms with Gasteiger partial charge in [0, 0.05) is 19.9 Å². The third-order valence-corrected chi connectivity index (χ3v) is 2.65. The molecule has 0 saturated carbocycles. The highest BCUT2D eigenvalue weighted by molar-refractivity contribution is 5.66. The quantitative estimate of drug-likeness (QED) is 0.681. The van der Waals surface area contributed by atoms with E-state index in [1.807, 2.05) is 13.8 Å². The molecule has 0 amide bonds. The van der Waals surface area contributed by atoms with Crippen molar-refractivity contribution >= 4 is 5.97 Å². The number of hydroxylamine groups is 2. The van der Waals surface area contributed by atoms with E-state index in [1.165, 1.54) is 6.92 Å². The number of ether oxygens (including phenoxy) is 3. The molecule has 0 aromatic carbocycles. The number of hydrogen-bond acceptors (Lipinski definition) is 6. The van der Waals surface area contributed by atoms with E-state index >= 15 is 0 Å². The Labute approximate surface area is 101 Å². The molecule has 6 heteroatoms. The van der Waals surface area contributed by atoms with E-state index in [0.29, 0.717) is 19.6 Å². The third-order valence-electron chi connectivity index (χ3n) is 2.65. The Morgan fingerprint density at radius 1 is 1.53 bits per heavy atom. The van der Waals surface area contributed by atoms with Crippen molar-refractivity contribution in [3.8, 4) is 0 Å². The second-order valence-corrected chi connectivity index (χ2v) is 4.77. The van der Waals surface area contributed by atoms with E-state index in [0.717, 1.165) is 6.54 Å². The summed E-state index contributed by atoms with van der Waals surface area (Å²) in [5.41, 5.74) is 0. The highest BCUT2D eigenvalue weighted by Crippen LogP contribution is 2.24. The Balaban J connectivity index is 1.73. The predicted octanol–water partition coefficient (Wildman–Crippen LogP) is 0.664. The minimum absolute atomic E-state index is 0.000998. The molecule has 0 N–H and O–H groups in total. The summed E-state index contributed by atoms with van der Waals surface area (Å²) in [6.07, 6.45) is 0.236. The zero-order chi connectivity index (χ0) is 12.5. The van der Waals surface area contributed by atoms with Gasteiger partial charge < -0.3 is 14.2 Å². The fraction of sp³-hybridized carbons (Fsp3) is 0.909. The van der Waals surface area contributed by atoms with Crippen LogP contribution in [0.4, 0.5) is 0 Å². The second-order valence-electron chi connectivity index (χ2n) is 4.77. The van der Waals surface area contributed by atoms with E-state index in [-0.39, 0.29) is 12.1 Å². The van der Waals surface area contributed by atoms with Crippen LogP contribution in [0.2, 0.25) is 0 Å². The zero-order valence-corrected chi connectivity index (χ0v) is 10.5. The maximum Gasteiger partial charge on any atom is 0.304 e. The number of hydrogen-bond donors (Lipinski definition) is 0. The van der Waals surface area contributed by atoms with Crippen molar-refractivity contribution in [3.05, 3.63) is 0 Å². The molecule has 2 atom stereocenters. The van der Waals surface area contributed by atoms with Crippen molar-refractivity contribution < 1.29 is 23.8 Å². The molecule has 2 aliphatic heterocycles. The summed E-state index contributed by atoms with van der Waals surface area (Å²) in [5.74, 6) is -0.835. The van der Waals surface area contributed by atoms with Gasteiger partial charge in [-0.1, -0.05) is 0 Å². The molecule has 17 heavy (non-hydrogen) atoms. The molecular weight excluding hydrogens is 226 g/mol. The molecule has 1 unspecified atom stereocenters. The summed E-state index contributed by atoms with van der Waals surface area (Å²) in [4.78, 5) is 16.2. The maximum absolute atomic E-state index is 10.8. The first-order valence-electron chi connectivity index (χ1n) is 5.85. The zero-order valence-electron chi connectivity index (χ0n) is 10.5. The molecular formula is C11H19NO5. The predicted molar refractivity (Wildman–Crippen MR) is 57.7 cm³/mol. The Bertz CT molecular complexity index is 294. The maximum atomic E-state index is 10.8. The number of esters is 1. The fourth-order valence-electron chi connectivity index (χ4n) is 2.00. The van der Waals surface area contributed by atoms with Crippen molar-refractivity contribution in [2.24, 2.45) is 0 Å². The van der Waals surface area contributed by atoms with Crippen LogP contribution >= 0.6 is 0 Å². The van der Waals surface area contributed by atoms with Crippen LogP contribution in [0, 0.1) is 0 Å². The lowest BCUT2D eigenvalue weighted by Gasteiger charge is -2.20. The first-order chi connectivity index (χ1) is 7.94. The first-order valence-corrected chi connectivity index (χ1v) is 5.85. The van der Waals surface area contributed by atoms with Gasteiger partial charge in [-0.05, 0) is 13.8 Å². The summed E-state index contributed by atoms with van der Waals surface area (Å²) in [5, 5.41) is 1.77. The Kier molecular flexibility index (Phi) is 3.67. The van der Waals surface area contributed by atoms with Gasteiger partial charge in [-0.3, -0.25) is 9.63 Å². The Hall–Kier alpha value is -0.690. The number of rotatable bonds is 3. The largest absolute Gasteiger partial charge is 0.434 e. The van der Waals surface area contributed by atoms with Crippen LogP contribution in [0.1, 0.15) is 27.2 Å². The van der Waals surface area contributed by atoms with E-state index in [1.54, 1.807) is 5.06 Å². The summed E-state index contributed by atoms with van der Waals surface area (Å²) in [6.45, 7) is 7.08. The number of nitrogens with zero attached hydrogens (tertiary/aromatic N) is 1. The fourth-order valence-corrected chi connectivity index (χ4v) is 2.00. The third kappa shape index (κ3) is 3.64. The van der Waals surface area contributed by atoms with Gasteiger partial charge in [0.2, 0.25) is 6.29 Å². The molecule has 0 aromatic heterocycles. The van der Waals surface area contributed by atoms with Gasteiger partial charge in [0.25, 0.3) is 0 Å². The van der Waals surface area contributed by atoms with Crippen molar-refractivity contribution in [1.29, 1.82) is 0 Å². The summed E-state index contributed by atoms with van der Waals surface area (Å²) < 4.78 is 16.1. The monoisotopic (exact) mass is 245 g/mol. The number of carbonyl (C=O) groups is 1. The average Bonchev–Trinajstić information content (AvgIpc) is 2.73. The van der Waals surface area contributed by atoms with E-state index < -0.39 is 12.1 Å². The minimum Gasteiger partial charge on any atom is -0.434 e. The minimum atomic E-state index is -0.514. The lowest BCUT2D eigenvalue weighted by atomic mass is 10.3. The smallest absolute Gasteiger partial charge is 0.304 e. The Morgan fingerprint density at radius 2 is 2.29 bits per heavy atom. The summed E-state index contributed by atoms with van der Waals surface area (Å²) >= 11 is 0. The molecule has 2 heterocycles. The molecule has 0 aromatic rings. The van der Waals surface area contributed by atoms with Crippen molar-refractivity contribution in [3.63, 3.8) is 0 Å². The molecule has 2 aliphatic rings. The highest BCUT2D eigenvalue weighted by atomic mass is 16.8. The van der Waals surface area contributed by atoms with Gasteiger partial charge in [0.05, 0.1) is 19.3 Å². The lowest BCUT2D eigenvalue weighted by molar-refractivity contribution is -0.236. The topological polar surface area (TPSA) is 57.2 Å². The molecule has 0 bridgehead atoms. The van der Waals surface area contributed by atoms with Gasteiger partial charge in [0.15, 0.2) is 5.79 Å². The molecule has 98 valence electrons. The van der Waals surface area contributed by atoms with Crippen LogP contribution < -0.4 is 0 Å². The van der Waals surface area contributed by atoms with Crippen LogP contribution in [0.25, 0.3) is 0 Å². The SMILES string of the molecule is CC(=O)OC1CCN(C[C@H]2COC(C)(C)O2)O1. The van der Waals surface area contributed by atoms with Crippen LogP contribution in [0.15, 0.2) is 0 Å². The van der Waals surface area contributed by atoms with Crippen LogP contribution in [-0.4, -0.2) is 48.9 Å². The standard InChI is InChI=1S/C11H19NO5/c1-8(13)15-10-4-5-12(17-10)6-9-7-14-11(2,3)16-9/h9-10H,4-7H2,1-3H3/t9-,10?/m0/s1. The normalized spacial score (nSPS) is 32.9. The molecule has 6 nitrogen and oxygen atoms in total. The van der Waals surface area contributed by atoms with Crippen LogP contribution in [0.3, 0.4) is 0 Å². The number of carbonyl (C=O) groups excluding carboxylic acids is 1. The molecule has 0 aliphatic carbocycles. The summed E-state index contributed by atoms with van der Waals surface area (Å²) in [7, 11) is 0. The van der Waals surface area contributed by atoms with E-state index in [4.69, 9.17) is 19.0 Å². The molecule has 2 saturated heterocycles. The average molecular weight is 245 g/mol. The summed E-state index contributed by atoms with van der Waals surface area (Å²) in [6, 6.07) is 0. The molecule has 0 radical (unpaired) electrons. The van der Waals surface area contributed by atoms with Crippen LogP contribution in [-0.2, 0) is 23.8 Å². The molecule has 0 spiro atoms. The second kappa shape index (κ2) is 4.89. The van der Waals surface area contributed by atoms with Crippen LogP contribution in [0.5, 0.6) is 0 Å². The highest BCUT2D eigenvalue weighted by Gasteiger charge is 2.36. The van der Waals surface area contributed by atoms with Crippen molar-refractivity contribution in [2.45, 2.75) is 45.4 Å². The van der Waals surface area contributed by atoms with Gasteiger partial charge >= 0.3 is 5.97 Å². The lowest BCUT2D eigenvalue weighted by Crippen LogP contribution is -2.33. The molecule has 2 fully saturated rings. The van der Waals surface area contributed by atoms with Gasteiger partial charge in [-0.2, -0.15) is 5.06 Å². The molecule has 2 rings (SSSR count). The van der Waals surface area contributed by atoms with E-state index in [9.17, 15) is 4.79 Å². The van der Waals surface area contributed by atoms with E-state index in [2.05, 4.69) is 0 Å². The van der Waals surface area contributed by atoms with Gasteiger partial charge in [-0.25, -0.2) is 0 Å². The van der Waals surface area contributed by atoms with Gasteiger partial charge in [0.1, 0.15) is 0 Å². The first kappa shape index (κ1) is 12.8. The van der Waals surface area contributed by atoms with Crippen molar-refractivity contribution in [1.82, 2.24) is 5.06 Å². The Morgan fingerprint density at radius 3 is 2.88 bits per heavy atom. The van der Waals surface area contributed by atoms with Gasteiger partial charge in [-0.15, -0.1) is 0 Å². The van der Waals surface area contributed by atoms with Crippen molar-refractivity contribution in [2.75, 3.05) is 19.7 Å².